The molecular formula is C22H23N5O2S. The molecule has 1 N–H and O–H groups in total. The lowest BCUT2D eigenvalue weighted by molar-refractivity contribution is -0.114. The Morgan fingerprint density at radius 2 is 2.00 bits per heavy atom. The number of hydrogen-bond donors (Lipinski definition) is 1. The van der Waals surface area contributed by atoms with Crippen LogP contribution >= 0.6 is 11.8 Å². The van der Waals surface area contributed by atoms with E-state index in [2.05, 4.69) is 23.9 Å². The third kappa shape index (κ3) is 3.95. The number of benzene rings is 1. The Labute approximate surface area is 179 Å². The molecule has 1 aromatic carbocycles. The second-order valence-electron chi connectivity index (χ2n) is 7.34. The van der Waals surface area contributed by atoms with Gasteiger partial charge in [0.2, 0.25) is 5.17 Å². The Bertz CT molecular complexity index is 1080. The molecule has 1 amide bonds. The summed E-state index contributed by atoms with van der Waals surface area (Å²) in [4.78, 5) is 16.8. The number of rotatable bonds is 6. The molecule has 0 fully saturated rings. The molecule has 30 heavy (non-hydrogen) atoms. The molecule has 0 saturated heterocycles. The van der Waals surface area contributed by atoms with E-state index in [9.17, 15) is 4.79 Å². The number of nitrogens with one attached hydrogen (secondary N) is 1. The summed E-state index contributed by atoms with van der Waals surface area (Å²) in [6, 6.07) is 11.5. The van der Waals surface area contributed by atoms with E-state index >= 15 is 0 Å². The first-order valence-electron chi connectivity index (χ1n) is 9.86. The van der Waals surface area contributed by atoms with Crippen molar-refractivity contribution in [2.75, 3.05) is 6.61 Å². The number of hydrogen-bond acceptors (Lipinski definition) is 5. The minimum absolute atomic E-state index is 0.0516. The highest BCUT2D eigenvalue weighted by Gasteiger charge is 2.35. The van der Waals surface area contributed by atoms with Gasteiger partial charge in [0.1, 0.15) is 10.8 Å². The maximum atomic E-state index is 12.7. The summed E-state index contributed by atoms with van der Waals surface area (Å²) in [5.41, 5.74) is 1.94. The second-order valence-corrected chi connectivity index (χ2v) is 8.38. The Morgan fingerprint density at radius 3 is 2.70 bits per heavy atom. The lowest BCUT2D eigenvalue weighted by atomic mass is 10.1. The number of carbonyl (C=O) groups excluding carboxylic acids is 1. The van der Waals surface area contributed by atoms with Crippen LogP contribution in [0, 0.1) is 11.3 Å². The van der Waals surface area contributed by atoms with Crippen LogP contribution < -0.4 is 4.74 Å². The predicted octanol–water partition coefficient (Wildman–Crippen LogP) is 4.54. The number of aliphatic imine (C=N–C) groups is 1. The van der Waals surface area contributed by atoms with Gasteiger partial charge in [-0.25, -0.2) is 0 Å². The summed E-state index contributed by atoms with van der Waals surface area (Å²) in [5.74, 6) is 0.881. The van der Waals surface area contributed by atoms with Crippen LogP contribution in [0.1, 0.15) is 32.9 Å². The maximum Gasteiger partial charge on any atom is 0.283 e. The van der Waals surface area contributed by atoms with E-state index in [1.807, 2.05) is 54.1 Å². The first kappa shape index (κ1) is 20.2. The number of nitrogens with zero attached hydrogens (tertiary/aromatic N) is 4. The Kier molecular flexibility index (Phi) is 5.59. The fourth-order valence-electron chi connectivity index (χ4n) is 3.23. The molecule has 1 aromatic heterocycles. The molecule has 8 heteroatoms. The van der Waals surface area contributed by atoms with E-state index in [-0.39, 0.29) is 11.4 Å². The number of ether oxygens (including phenoxy) is 1. The summed E-state index contributed by atoms with van der Waals surface area (Å²) >= 11 is 1.37. The van der Waals surface area contributed by atoms with Crippen LogP contribution in [0.4, 0.5) is 0 Å². The van der Waals surface area contributed by atoms with Gasteiger partial charge in [-0.3, -0.25) is 10.2 Å². The van der Waals surface area contributed by atoms with Gasteiger partial charge < -0.3 is 9.30 Å². The molecule has 4 rings (SSSR count). The van der Waals surface area contributed by atoms with Crippen molar-refractivity contribution in [3.05, 3.63) is 53.9 Å². The molecule has 2 aliphatic heterocycles. The molecule has 3 heterocycles. The van der Waals surface area contributed by atoms with Crippen LogP contribution in [0.3, 0.4) is 0 Å². The number of aromatic nitrogens is 1. The van der Waals surface area contributed by atoms with Gasteiger partial charge in [-0.1, -0.05) is 13.8 Å². The molecule has 0 unspecified atom stereocenters. The van der Waals surface area contributed by atoms with E-state index in [1.54, 1.807) is 6.08 Å². The van der Waals surface area contributed by atoms with Crippen molar-refractivity contribution >= 4 is 39.8 Å². The molecule has 0 radical (unpaired) electrons. The Morgan fingerprint density at radius 1 is 1.23 bits per heavy atom. The van der Waals surface area contributed by atoms with Gasteiger partial charge in [0.15, 0.2) is 5.84 Å². The molecule has 0 spiro atoms. The van der Waals surface area contributed by atoms with E-state index in [1.165, 1.54) is 16.8 Å². The lowest BCUT2D eigenvalue weighted by Crippen LogP contribution is -2.35. The number of hydrazone groups is 1. The molecule has 2 aromatic rings. The summed E-state index contributed by atoms with van der Waals surface area (Å²) in [7, 11) is 0. The average molecular weight is 422 g/mol. The van der Waals surface area contributed by atoms with Gasteiger partial charge in [-0.05, 0) is 67.1 Å². The minimum atomic E-state index is -0.417. The number of thioether (sulfide) groups is 1. The van der Waals surface area contributed by atoms with E-state index in [4.69, 9.17) is 10.1 Å². The molecule has 0 atom stereocenters. The highest BCUT2D eigenvalue weighted by Crippen LogP contribution is 2.30. The van der Waals surface area contributed by atoms with Crippen molar-refractivity contribution in [1.82, 2.24) is 9.58 Å². The standard InChI is InChI=1S/C22H23N5O2S/c1-4-29-17-9-7-15(8-10-17)26-11-5-6-16(26)13-18-20(23)27-22(24-21(18)28)30-19(25-27)12-14(2)3/h5-11,13-14,23H,4,12H2,1-3H3/b18-13+,23-20?. The second kappa shape index (κ2) is 8.31. The van der Waals surface area contributed by atoms with Crippen LogP contribution in [0.15, 0.2) is 58.3 Å². The molecule has 0 aliphatic carbocycles. The van der Waals surface area contributed by atoms with Crippen molar-refractivity contribution in [1.29, 1.82) is 5.41 Å². The quantitative estimate of drug-likeness (QED) is 0.694. The zero-order valence-corrected chi connectivity index (χ0v) is 17.9. The first-order valence-corrected chi connectivity index (χ1v) is 10.7. The van der Waals surface area contributed by atoms with Gasteiger partial charge in [0.05, 0.1) is 12.2 Å². The highest BCUT2D eigenvalue weighted by atomic mass is 32.2. The van der Waals surface area contributed by atoms with Gasteiger partial charge in [-0.15, -0.1) is 0 Å². The smallest absolute Gasteiger partial charge is 0.283 e. The third-order valence-electron chi connectivity index (χ3n) is 4.58. The van der Waals surface area contributed by atoms with Crippen LogP contribution in [0.5, 0.6) is 5.75 Å². The fourth-order valence-corrected chi connectivity index (χ4v) is 4.32. The van der Waals surface area contributed by atoms with Crippen LogP contribution in [0.2, 0.25) is 0 Å². The van der Waals surface area contributed by atoms with Crippen molar-refractivity contribution in [3.8, 4) is 11.4 Å². The first-order chi connectivity index (χ1) is 14.5. The van der Waals surface area contributed by atoms with Gasteiger partial charge in [0.25, 0.3) is 5.91 Å². The largest absolute Gasteiger partial charge is 0.494 e. The zero-order chi connectivity index (χ0) is 21.3. The van der Waals surface area contributed by atoms with Crippen LogP contribution in [0.25, 0.3) is 11.8 Å². The van der Waals surface area contributed by atoms with Gasteiger partial charge >= 0.3 is 0 Å². The summed E-state index contributed by atoms with van der Waals surface area (Å²) in [6.07, 6.45) is 4.40. The molecule has 0 saturated carbocycles. The summed E-state index contributed by atoms with van der Waals surface area (Å²) in [6.45, 7) is 6.78. The van der Waals surface area contributed by atoms with E-state index in [0.29, 0.717) is 17.7 Å². The van der Waals surface area contributed by atoms with E-state index < -0.39 is 5.91 Å². The van der Waals surface area contributed by atoms with Crippen LogP contribution in [-0.2, 0) is 4.79 Å². The molecular weight excluding hydrogens is 398 g/mol. The van der Waals surface area contributed by atoms with Crippen LogP contribution in [-0.4, -0.2) is 38.1 Å². The molecule has 0 bridgehead atoms. The van der Waals surface area contributed by atoms with Gasteiger partial charge in [-0.2, -0.15) is 15.1 Å². The molecule has 154 valence electrons. The monoisotopic (exact) mass is 421 g/mol. The topological polar surface area (TPSA) is 83.0 Å². The number of amides is 1. The van der Waals surface area contributed by atoms with Gasteiger partial charge in [0, 0.05) is 24.0 Å². The zero-order valence-electron chi connectivity index (χ0n) is 17.1. The van der Waals surface area contributed by atoms with E-state index in [0.717, 1.165) is 28.6 Å². The molecule has 7 nitrogen and oxygen atoms in total. The van der Waals surface area contributed by atoms with Crippen molar-refractivity contribution in [2.24, 2.45) is 16.0 Å². The maximum absolute atomic E-state index is 12.7. The highest BCUT2D eigenvalue weighted by molar-refractivity contribution is 8.26. The van der Waals surface area contributed by atoms with Crippen molar-refractivity contribution in [3.63, 3.8) is 0 Å². The van der Waals surface area contributed by atoms with Crippen molar-refractivity contribution in [2.45, 2.75) is 27.2 Å². The Balaban J connectivity index is 1.63. The number of carbonyl (C=O) groups is 1. The normalized spacial score (nSPS) is 17.5. The fraction of sp³-hybridized carbons (Fsp3) is 0.273. The van der Waals surface area contributed by atoms with Crippen molar-refractivity contribution < 1.29 is 9.53 Å². The average Bonchev–Trinajstić information content (AvgIpc) is 3.32. The molecule has 2 aliphatic rings. The minimum Gasteiger partial charge on any atom is -0.494 e. The summed E-state index contributed by atoms with van der Waals surface area (Å²) in [5, 5.41) is 15.8. The Hall–Kier alpha value is -3.13. The predicted molar refractivity (Wildman–Crippen MR) is 121 cm³/mol. The third-order valence-corrected chi connectivity index (χ3v) is 5.51. The number of fused-ring (bicyclic) bond motifs is 1. The number of amidine groups is 2. The lowest BCUT2D eigenvalue weighted by Gasteiger charge is -2.20. The SMILES string of the molecule is CCOc1ccc(-n2cccc2/C=C2\C(=N)N3N=C(CC(C)C)SC3=NC2=O)cc1. The summed E-state index contributed by atoms with van der Waals surface area (Å²) < 4.78 is 7.46.